The summed E-state index contributed by atoms with van der Waals surface area (Å²) in [6.07, 6.45) is 4.82. The minimum atomic E-state index is -0.934. The number of carbonyl (C=O) groups excluding carboxylic acids is 1. The summed E-state index contributed by atoms with van der Waals surface area (Å²) < 4.78 is 3.98. The van der Waals surface area contributed by atoms with E-state index in [0.29, 0.717) is 6.54 Å². The van der Waals surface area contributed by atoms with Gasteiger partial charge in [-0.05, 0) is 36.6 Å². The molecule has 6 nitrogen and oxygen atoms in total. The van der Waals surface area contributed by atoms with Gasteiger partial charge in [-0.1, -0.05) is 43.7 Å². The number of nitrogens with zero attached hydrogens (tertiary/aromatic N) is 3. The van der Waals surface area contributed by atoms with Crippen molar-refractivity contribution in [3.8, 4) is 11.4 Å². The molecular weight excluding hydrogens is 390 g/mol. The zero-order valence-electron chi connectivity index (χ0n) is 17.6. The third-order valence-corrected chi connectivity index (χ3v) is 6.08. The maximum Gasteiger partial charge on any atom is 0.335 e. The summed E-state index contributed by atoms with van der Waals surface area (Å²) in [6.45, 7) is 4.75. The molecule has 3 heterocycles. The van der Waals surface area contributed by atoms with Gasteiger partial charge in [0.15, 0.2) is 0 Å². The smallest absolute Gasteiger partial charge is 0.335 e. The van der Waals surface area contributed by atoms with E-state index in [1.165, 1.54) is 0 Å². The van der Waals surface area contributed by atoms with Crippen LogP contribution in [0.5, 0.6) is 0 Å². The fraction of sp³-hybridized carbons (Fsp3) is 0.240. The summed E-state index contributed by atoms with van der Waals surface area (Å²) in [6, 6.07) is 13.0. The molecule has 1 N–H and O–H groups in total. The van der Waals surface area contributed by atoms with E-state index >= 15 is 0 Å². The molecule has 2 aromatic heterocycles. The van der Waals surface area contributed by atoms with Crippen molar-refractivity contribution >= 4 is 22.8 Å². The lowest BCUT2D eigenvalue weighted by Gasteiger charge is -2.20. The summed E-state index contributed by atoms with van der Waals surface area (Å²) >= 11 is 0. The van der Waals surface area contributed by atoms with Crippen molar-refractivity contribution in [1.82, 2.24) is 14.1 Å². The number of carbonyl (C=O) groups is 2. The van der Waals surface area contributed by atoms with Crippen LogP contribution in [0.3, 0.4) is 0 Å². The number of para-hydroxylation sites is 1. The Morgan fingerprint density at radius 1 is 1.13 bits per heavy atom. The topological polar surface area (TPSA) is 77.1 Å². The average molecular weight is 413 g/mol. The van der Waals surface area contributed by atoms with Crippen LogP contribution < -0.4 is 0 Å². The van der Waals surface area contributed by atoms with E-state index in [0.717, 1.165) is 64.1 Å². The van der Waals surface area contributed by atoms with Gasteiger partial charge in [0.25, 0.3) is 5.91 Å². The van der Waals surface area contributed by atoms with Crippen LogP contribution in [0.1, 0.15) is 57.4 Å². The summed E-state index contributed by atoms with van der Waals surface area (Å²) in [4.78, 5) is 28.6. The molecule has 5 rings (SSSR count). The fourth-order valence-corrected chi connectivity index (χ4v) is 4.48. The number of hydrogen-bond donors (Lipinski definition) is 1. The van der Waals surface area contributed by atoms with E-state index in [2.05, 4.69) is 11.5 Å². The minimum absolute atomic E-state index is 0.0490. The van der Waals surface area contributed by atoms with E-state index in [9.17, 15) is 9.59 Å². The Morgan fingerprint density at radius 3 is 2.58 bits per heavy atom. The molecule has 1 aliphatic heterocycles. The van der Waals surface area contributed by atoms with Gasteiger partial charge >= 0.3 is 5.97 Å². The van der Waals surface area contributed by atoms with Crippen LogP contribution in [0.2, 0.25) is 0 Å². The van der Waals surface area contributed by atoms with Gasteiger partial charge in [0.05, 0.1) is 34.2 Å². The molecular formula is C25H23N3O3. The number of benzene rings is 2. The number of aromatic carboxylic acids is 1. The Bertz CT molecular complexity index is 1340. The van der Waals surface area contributed by atoms with Gasteiger partial charge in [-0.3, -0.25) is 9.36 Å². The zero-order chi connectivity index (χ0) is 21.7. The number of rotatable bonds is 7. The first kappa shape index (κ1) is 19.3. The van der Waals surface area contributed by atoms with Gasteiger partial charge in [-0.25, -0.2) is 9.78 Å². The van der Waals surface area contributed by atoms with E-state index in [1.54, 1.807) is 12.1 Å². The second kappa shape index (κ2) is 7.23. The highest BCUT2D eigenvalue weighted by molar-refractivity contribution is 6.26. The highest BCUT2D eigenvalue weighted by Gasteiger charge is 2.38. The maximum atomic E-state index is 12.7. The van der Waals surface area contributed by atoms with Gasteiger partial charge in [0.2, 0.25) is 0 Å². The molecule has 0 fully saturated rings. The largest absolute Gasteiger partial charge is 0.478 e. The molecule has 4 aromatic rings. The monoisotopic (exact) mass is 413 g/mol. The minimum Gasteiger partial charge on any atom is -0.478 e. The average Bonchev–Trinajstić information content (AvgIpc) is 3.40. The van der Waals surface area contributed by atoms with Crippen molar-refractivity contribution in [2.24, 2.45) is 0 Å². The molecule has 31 heavy (non-hydrogen) atoms. The van der Waals surface area contributed by atoms with Crippen molar-refractivity contribution in [3.05, 3.63) is 76.7 Å². The molecule has 2 bridgehead atoms. The third kappa shape index (κ3) is 2.90. The fourth-order valence-electron chi connectivity index (χ4n) is 4.48. The lowest BCUT2D eigenvalue weighted by Crippen LogP contribution is -2.23. The number of imidazole rings is 1. The molecule has 0 atom stereocenters. The predicted molar refractivity (Wildman–Crippen MR) is 119 cm³/mol. The Labute approximate surface area is 179 Å². The second-order valence-electron chi connectivity index (χ2n) is 8.09. The van der Waals surface area contributed by atoms with Crippen LogP contribution in [0.4, 0.5) is 0 Å². The van der Waals surface area contributed by atoms with E-state index in [4.69, 9.17) is 10.1 Å². The van der Waals surface area contributed by atoms with Crippen molar-refractivity contribution in [3.63, 3.8) is 0 Å². The number of fused-ring (bicyclic) bond motifs is 5. The summed E-state index contributed by atoms with van der Waals surface area (Å²) in [5, 5.41) is 10.2. The van der Waals surface area contributed by atoms with Crippen LogP contribution in [0.25, 0.3) is 22.3 Å². The predicted octanol–water partition coefficient (Wildman–Crippen LogP) is 4.90. The van der Waals surface area contributed by atoms with Crippen LogP contribution in [-0.4, -0.2) is 31.1 Å². The number of unbranched alkanes of at least 4 members (excludes halogenated alkanes) is 1. The van der Waals surface area contributed by atoms with Crippen molar-refractivity contribution in [1.29, 1.82) is 0 Å². The van der Waals surface area contributed by atoms with Gasteiger partial charge in [0, 0.05) is 18.4 Å². The van der Waals surface area contributed by atoms with E-state index in [-0.39, 0.29) is 11.5 Å². The zero-order valence-corrected chi connectivity index (χ0v) is 17.6. The summed E-state index contributed by atoms with van der Waals surface area (Å²) in [5.74, 6) is 0.0944. The first-order valence-electron chi connectivity index (χ1n) is 10.6. The Balaban J connectivity index is 1.62. The molecule has 6 heteroatoms. The molecule has 0 radical (unpaired) electrons. The quantitative estimate of drug-likeness (QED) is 0.411. The SMILES string of the molecule is CCCCc1ncc(-c2c3c4cccc(C)c4n2C3=O)n1Cc1ccc(C(=O)O)cc1. The second-order valence-corrected chi connectivity index (χ2v) is 8.09. The summed E-state index contributed by atoms with van der Waals surface area (Å²) in [5.41, 5.74) is 5.94. The maximum absolute atomic E-state index is 12.7. The molecule has 0 spiro atoms. The van der Waals surface area contributed by atoms with Gasteiger partial charge < -0.3 is 9.67 Å². The van der Waals surface area contributed by atoms with E-state index in [1.807, 2.05) is 48.0 Å². The number of carboxylic acids is 1. The molecule has 0 saturated carbocycles. The third-order valence-electron chi connectivity index (χ3n) is 6.08. The van der Waals surface area contributed by atoms with E-state index < -0.39 is 5.97 Å². The van der Waals surface area contributed by atoms with Crippen molar-refractivity contribution in [2.45, 2.75) is 39.7 Å². The number of carboxylic acid groups (broad SMARTS) is 1. The van der Waals surface area contributed by atoms with Gasteiger partial charge in [0.1, 0.15) is 5.82 Å². The highest BCUT2D eigenvalue weighted by atomic mass is 16.4. The molecule has 0 aliphatic carbocycles. The number of hydrogen-bond acceptors (Lipinski definition) is 3. The van der Waals surface area contributed by atoms with Crippen LogP contribution in [0.15, 0.2) is 48.7 Å². The first-order valence-corrected chi connectivity index (χ1v) is 10.6. The summed E-state index contributed by atoms with van der Waals surface area (Å²) in [7, 11) is 0. The Hall–Kier alpha value is -3.67. The lowest BCUT2D eigenvalue weighted by atomic mass is 10.0. The molecule has 2 aromatic carbocycles. The number of aryl methyl sites for hydroxylation is 2. The highest BCUT2D eigenvalue weighted by Crippen LogP contribution is 2.43. The molecule has 1 aliphatic rings. The lowest BCUT2D eigenvalue weighted by molar-refractivity contribution is 0.0696. The van der Waals surface area contributed by atoms with Gasteiger partial charge in [-0.2, -0.15) is 0 Å². The Morgan fingerprint density at radius 2 is 1.90 bits per heavy atom. The molecule has 0 saturated heterocycles. The molecule has 156 valence electrons. The van der Waals surface area contributed by atoms with Crippen molar-refractivity contribution in [2.75, 3.05) is 0 Å². The van der Waals surface area contributed by atoms with Crippen LogP contribution in [-0.2, 0) is 13.0 Å². The normalized spacial score (nSPS) is 12.4. The van der Waals surface area contributed by atoms with Crippen LogP contribution in [0, 0.1) is 6.92 Å². The standard InChI is InChI=1S/C25H23N3O3/c1-3-4-8-20-26-13-19(27(20)14-16-9-11-17(12-10-16)25(30)31)23-21-18-7-5-6-15(2)22(18)28(23)24(21)29/h5-7,9-13H,3-4,8,14H2,1-2H3,(H,30,31). The first-order chi connectivity index (χ1) is 15.0. The number of aromatic nitrogens is 3. The Kier molecular flexibility index (Phi) is 4.50. The van der Waals surface area contributed by atoms with Gasteiger partial charge in [-0.15, -0.1) is 0 Å². The molecule has 0 amide bonds. The van der Waals surface area contributed by atoms with Crippen LogP contribution >= 0.6 is 0 Å². The molecule has 0 unspecified atom stereocenters. The van der Waals surface area contributed by atoms with Crippen molar-refractivity contribution < 1.29 is 14.7 Å².